The van der Waals surface area contributed by atoms with E-state index in [0.717, 1.165) is 0 Å². The van der Waals surface area contributed by atoms with Crippen LogP contribution in [0.2, 0.25) is 0 Å². The summed E-state index contributed by atoms with van der Waals surface area (Å²) in [5.74, 6) is 0.319. The summed E-state index contributed by atoms with van der Waals surface area (Å²) >= 11 is -2.31. The third kappa shape index (κ3) is 5.33. The van der Waals surface area contributed by atoms with Crippen LogP contribution in [0.3, 0.4) is 0 Å². The van der Waals surface area contributed by atoms with Gasteiger partial charge in [-0.05, 0) is 37.9 Å². The van der Waals surface area contributed by atoms with Crippen molar-refractivity contribution in [2.75, 3.05) is 0 Å². The fraction of sp³-hybridized carbons (Fsp3) is 0.444. The Kier molecular flexibility index (Phi) is 5.53. The van der Waals surface area contributed by atoms with Crippen LogP contribution in [0.15, 0.2) is 23.2 Å². The molecule has 78 valence electrons. The Morgan fingerprint density at radius 3 is 2.47 bits per heavy atom. The molecule has 0 aliphatic heterocycles. The summed E-state index contributed by atoms with van der Waals surface area (Å²) in [6.45, 7) is 5.61. The van der Waals surface area contributed by atoms with Gasteiger partial charge in [-0.3, -0.25) is 4.21 Å². The van der Waals surface area contributed by atoms with Crippen LogP contribution in [-0.4, -0.2) is 19.3 Å². The predicted octanol–water partition coefficient (Wildman–Crippen LogP) is -1.50. The summed E-state index contributed by atoms with van der Waals surface area (Å²) in [4.78, 5) is 3.82. The van der Waals surface area contributed by atoms with Gasteiger partial charge in [0.2, 0.25) is 5.88 Å². The summed E-state index contributed by atoms with van der Waals surface area (Å²) in [7, 11) is 0. The number of pyridine rings is 1. The molecule has 4 nitrogen and oxygen atoms in total. The zero-order chi connectivity index (χ0) is 10.8. The molecule has 0 fully saturated rings. The number of hydrogen-bond donors (Lipinski definition) is 0. The predicted molar refractivity (Wildman–Crippen MR) is 51.8 cm³/mol. The standard InChI is InChI=1S/C9H13NO3S.Li/c1-9(2,3)13-7-5-4-6-8(10-7)14(11)12;/h4-6H,1-3H3,(H,11,12);/q;+1/p-1. The van der Waals surface area contributed by atoms with Gasteiger partial charge in [-0.1, -0.05) is 6.07 Å². The van der Waals surface area contributed by atoms with Crippen LogP contribution < -0.4 is 23.6 Å². The maximum Gasteiger partial charge on any atom is 1.00 e. The fourth-order valence-corrected chi connectivity index (χ4v) is 1.21. The molecule has 1 atom stereocenters. The summed E-state index contributed by atoms with van der Waals surface area (Å²) < 4.78 is 26.6. The summed E-state index contributed by atoms with van der Waals surface area (Å²) in [5, 5.41) is -0.00764. The monoisotopic (exact) mass is 221 g/mol. The SMILES string of the molecule is CC(C)(C)Oc1cccc(S(=O)[O-])n1.[Li+]. The zero-order valence-corrected chi connectivity index (χ0v) is 10.1. The van der Waals surface area contributed by atoms with Gasteiger partial charge in [0.05, 0.1) is 0 Å². The molecular formula is C9H12LiNO3S. The van der Waals surface area contributed by atoms with Crippen LogP contribution in [0.5, 0.6) is 5.88 Å². The van der Waals surface area contributed by atoms with Crippen molar-refractivity contribution in [2.45, 2.75) is 31.4 Å². The summed E-state index contributed by atoms with van der Waals surface area (Å²) in [5.41, 5.74) is -0.379. The topological polar surface area (TPSA) is 62.2 Å². The Morgan fingerprint density at radius 1 is 1.40 bits per heavy atom. The van der Waals surface area contributed by atoms with Crippen molar-refractivity contribution in [3.63, 3.8) is 0 Å². The second-order valence-electron chi connectivity index (χ2n) is 3.76. The first-order valence-corrected chi connectivity index (χ1v) is 5.21. The summed E-state index contributed by atoms with van der Waals surface area (Å²) in [6, 6.07) is 4.64. The molecule has 1 aromatic rings. The van der Waals surface area contributed by atoms with E-state index >= 15 is 0 Å². The maximum absolute atomic E-state index is 10.6. The maximum atomic E-state index is 10.6. The Labute approximate surface area is 104 Å². The van der Waals surface area contributed by atoms with Gasteiger partial charge < -0.3 is 9.29 Å². The van der Waals surface area contributed by atoms with Crippen molar-refractivity contribution in [1.29, 1.82) is 0 Å². The van der Waals surface area contributed by atoms with E-state index in [9.17, 15) is 8.76 Å². The number of aromatic nitrogens is 1. The molecule has 0 radical (unpaired) electrons. The minimum Gasteiger partial charge on any atom is -0.767 e. The average Bonchev–Trinajstić information content (AvgIpc) is 2.01. The molecule has 1 unspecified atom stereocenters. The van der Waals surface area contributed by atoms with Crippen molar-refractivity contribution in [1.82, 2.24) is 4.98 Å². The smallest absolute Gasteiger partial charge is 0.767 e. The molecular weight excluding hydrogens is 209 g/mol. The molecule has 0 amide bonds. The van der Waals surface area contributed by atoms with E-state index in [1.165, 1.54) is 6.07 Å². The van der Waals surface area contributed by atoms with E-state index in [2.05, 4.69) is 4.98 Å². The Hall–Kier alpha value is -0.343. The largest absolute Gasteiger partial charge is 1.00 e. The van der Waals surface area contributed by atoms with Gasteiger partial charge in [0.15, 0.2) is 0 Å². The van der Waals surface area contributed by atoms with Crippen LogP contribution in [0, 0.1) is 0 Å². The molecule has 0 aliphatic carbocycles. The molecule has 0 aromatic carbocycles. The third-order valence-electron chi connectivity index (χ3n) is 1.28. The van der Waals surface area contributed by atoms with Crippen molar-refractivity contribution in [3.8, 4) is 5.88 Å². The summed E-state index contributed by atoms with van der Waals surface area (Å²) in [6.07, 6.45) is 0. The molecule has 0 bridgehead atoms. The first-order chi connectivity index (χ1) is 6.38. The van der Waals surface area contributed by atoms with E-state index in [1.54, 1.807) is 12.1 Å². The molecule has 15 heavy (non-hydrogen) atoms. The van der Waals surface area contributed by atoms with Crippen LogP contribution in [0.1, 0.15) is 20.8 Å². The molecule has 6 heteroatoms. The van der Waals surface area contributed by atoms with Gasteiger partial charge in [0.25, 0.3) is 0 Å². The van der Waals surface area contributed by atoms with Gasteiger partial charge >= 0.3 is 18.9 Å². The number of ether oxygens (including phenoxy) is 1. The van der Waals surface area contributed by atoms with E-state index in [1.807, 2.05) is 20.8 Å². The Balaban J connectivity index is 0.00000196. The molecule has 1 heterocycles. The van der Waals surface area contributed by atoms with Gasteiger partial charge in [-0.15, -0.1) is 0 Å². The number of hydrogen-bond acceptors (Lipinski definition) is 4. The van der Waals surface area contributed by atoms with Gasteiger partial charge in [0.1, 0.15) is 10.6 Å². The quantitative estimate of drug-likeness (QED) is 0.450. The number of nitrogens with zero attached hydrogens (tertiary/aromatic N) is 1. The van der Waals surface area contributed by atoms with Crippen LogP contribution in [0.4, 0.5) is 0 Å². The molecule has 1 rings (SSSR count). The van der Waals surface area contributed by atoms with E-state index < -0.39 is 11.1 Å². The molecule has 0 saturated carbocycles. The molecule has 0 N–H and O–H groups in total. The van der Waals surface area contributed by atoms with Gasteiger partial charge in [0, 0.05) is 6.07 Å². The Morgan fingerprint density at radius 2 is 2.00 bits per heavy atom. The van der Waals surface area contributed by atoms with Crippen molar-refractivity contribution in [2.24, 2.45) is 0 Å². The zero-order valence-electron chi connectivity index (χ0n) is 9.31. The average molecular weight is 221 g/mol. The van der Waals surface area contributed by atoms with Crippen LogP contribution in [0.25, 0.3) is 0 Å². The minimum atomic E-state index is -2.31. The van der Waals surface area contributed by atoms with Gasteiger partial charge in [-0.25, -0.2) is 4.98 Å². The van der Waals surface area contributed by atoms with E-state index in [4.69, 9.17) is 4.74 Å². The number of rotatable bonds is 2. The van der Waals surface area contributed by atoms with Gasteiger partial charge in [-0.2, -0.15) is 0 Å². The fourth-order valence-electron chi connectivity index (χ4n) is 0.859. The molecule has 0 aliphatic rings. The van der Waals surface area contributed by atoms with E-state index in [0.29, 0.717) is 5.88 Å². The minimum absolute atomic E-state index is 0. The van der Waals surface area contributed by atoms with Crippen LogP contribution >= 0.6 is 0 Å². The Bertz CT molecular complexity index is 351. The third-order valence-corrected chi connectivity index (χ3v) is 1.85. The van der Waals surface area contributed by atoms with Crippen molar-refractivity contribution in [3.05, 3.63) is 18.2 Å². The second-order valence-corrected chi connectivity index (χ2v) is 4.65. The molecule has 1 aromatic heterocycles. The first-order valence-electron chi connectivity index (χ1n) is 4.14. The first kappa shape index (κ1) is 14.7. The van der Waals surface area contributed by atoms with Crippen molar-refractivity contribution >= 4 is 11.1 Å². The van der Waals surface area contributed by atoms with E-state index in [-0.39, 0.29) is 29.5 Å². The van der Waals surface area contributed by atoms with Crippen molar-refractivity contribution < 1.29 is 32.4 Å². The van der Waals surface area contributed by atoms with Crippen LogP contribution in [-0.2, 0) is 11.1 Å². The molecule has 0 saturated heterocycles. The normalized spacial score (nSPS) is 12.8. The molecule has 0 spiro atoms. The second kappa shape index (κ2) is 5.66.